The van der Waals surface area contributed by atoms with E-state index in [9.17, 15) is 18.0 Å². The summed E-state index contributed by atoms with van der Waals surface area (Å²) in [5.41, 5.74) is 5.68. The van der Waals surface area contributed by atoms with Crippen LogP contribution in [-0.4, -0.2) is 16.2 Å². The van der Waals surface area contributed by atoms with Crippen molar-refractivity contribution >= 4 is 22.7 Å². The van der Waals surface area contributed by atoms with Gasteiger partial charge in [0.15, 0.2) is 5.75 Å². The van der Waals surface area contributed by atoms with Crippen LogP contribution in [0.5, 0.6) is 17.2 Å². The Morgan fingerprint density at radius 2 is 1.59 bits per heavy atom. The molecule has 0 aliphatic carbocycles. The number of pyridine rings is 1. The molecule has 0 radical (unpaired) electrons. The molecule has 1 heterocycles. The molecule has 6 nitrogen and oxygen atoms in total. The van der Waals surface area contributed by atoms with E-state index in [-0.39, 0.29) is 22.3 Å². The molecule has 1 aromatic heterocycles. The summed E-state index contributed by atoms with van der Waals surface area (Å²) in [5.74, 6) is 0.769. The third-order valence-electron chi connectivity index (χ3n) is 4.60. The molecule has 4 aromatic rings. The van der Waals surface area contributed by atoms with E-state index in [4.69, 9.17) is 20.3 Å². The van der Waals surface area contributed by atoms with Crippen LogP contribution in [-0.2, 0) is 6.18 Å². The number of hydrogen-bond donors (Lipinski definition) is 2. The summed E-state index contributed by atoms with van der Waals surface area (Å²) in [7, 11) is 0. The minimum atomic E-state index is -4.63. The van der Waals surface area contributed by atoms with Crippen LogP contribution in [0.25, 0.3) is 22.2 Å². The summed E-state index contributed by atoms with van der Waals surface area (Å²) in [6.45, 7) is 0. The molecule has 0 amide bonds. The zero-order valence-electron chi connectivity index (χ0n) is 16.3. The summed E-state index contributed by atoms with van der Waals surface area (Å²) in [5, 5.41) is 8.92. The maximum absolute atomic E-state index is 13.1. The van der Waals surface area contributed by atoms with E-state index >= 15 is 0 Å². The Balaban J connectivity index is 1.78. The lowest BCUT2D eigenvalue weighted by Gasteiger charge is -2.15. The van der Waals surface area contributed by atoms with Crippen molar-refractivity contribution in [1.82, 2.24) is 4.98 Å². The van der Waals surface area contributed by atoms with Crippen LogP contribution in [0, 0.1) is 0 Å². The van der Waals surface area contributed by atoms with Crippen molar-refractivity contribution in [3.8, 4) is 28.5 Å². The lowest BCUT2D eigenvalue weighted by atomic mass is 10.0. The molecule has 0 fully saturated rings. The lowest BCUT2D eigenvalue weighted by molar-refractivity contribution is -0.137. The van der Waals surface area contributed by atoms with Gasteiger partial charge < -0.3 is 20.3 Å². The quantitative estimate of drug-likeness (QED) is 0.359. The summed E-state index contributed by atoms with van der Waals surface area (Å²) < 4.78 is 49.9. The first-order valence-electron chi connectivity index (χ1n) is 9.27. The van der Waals surface area contributed by atoms with E-state index in [1.165, 1.54) is 0 Å². The molecule has 3 aromatic carbocycles. The number of rotatable bonds is 4. The van der Waals surface area contributed by atoms with Gasteiger partial charge in [0, 0.05) is 10.9 Å². The second kappa shape index (κ2) is 8.10. The van der Waals surface area contributed by atoms with Crippen LogP contribution < -0.4 is 15.2 Å². The highest BCUT2D eigenvalue weighted by molar-refractivity contribution is 5.97. The van der Waals surface area contributed by atoms with Crippen molar-refractivity contribution in [1.29, 1.82) is 0 Å². The minimum absolute atomic E-state index is 0.100. The first kappa shape index (κ1) is 21.0. The van der Waals surface area contributed by atoms with Gasteiger partial charge in [-0.1, -0.05) is 18.2 Å². The van der Waals surface area contributed by atoms with Crippen molar-refractivity contribution in [2.24, 2.45) is 0 Å². The highest BCUT2D eigenvalue weighted by atomic mass is 19.4. The van der Waals surface area contributed by atoms with Crippen molar-refractivity contribution in [3.05, 3.63) is 78.4 Å². The number of anilines is 1. The van der Waals surface area contributed by atoms with E-state index in [1.54, 1.807) is 36.4 Å². The lowest BCUT2D eigenvalue weighted by Crippen LogP contribution is -2.09. The average Bonchev–Trinajstić information content (AvgIpc) is 2.76. The fourth-order valence-corrected chi connectivity index (χ4v) is 3.15. The fourth-order valence-electron chi connectivity index (χ4n) is 3.15. The maximum atomic E-state index is 13.1. The Labute approximate surface area is 179 Å². The molecule has 0 atom stereocenters. The van der Waals surface area contributed by atoms with Crippen LogP contribution in [0.1, 0.15) is 5.56 Å². The van der Waals surface area contributed by atoms with Gasteiger partial charge in [-0.15, -0.1) is 0 Å². The molecular weight excluding hydrogens is 425 g/mol. The van der Waals surface area contributed by atoms with Crippen molar-refractivity contribution in [2.45, 2.75) is 6.18 Å². The van der Waals surface area contributed by atoms with Crippen LogP contribution in [0.4, 0.5) is 23.7 Å². The summed E-state index contributed by atoms with van der Waals surface area (Å²) in [6.07, 6.45) is -6.34. The number of carboxylic acid groups (broad SMARTS) is 1. The van der Waals surface area contributed by atoms with Gasteiger partial charge in [-0.05, 0) is 54.6 Å². The van der Waals surface area contributed by atoms with Crippen molar-refractivity contribution < 1.29 is 32.5 Å². The van der Waals surface area contributed by atoms with Crippen LogP contribution in [0.3, 0.4) is 0 Å². The molecule has 9 heteroatoms. The molecule has 3 N–H and O–H groups in total. The molecule has 0 saturated heterocycles. The van der Waals surface area contributed by atoms with Gasteiger partial charge in [-0.3, -0.25) is 0 Å². The first-order chi connectivity index (χ1) is 15.2. The average molecular weight is 440 g/mol. The number of nitrogen functional groups attached to an aromatic ring is 1. The highest BCUT2D eigenvalue weighted by Crippen LogP contribution is 2.41. The molecule has 162 valence electrons. The third-order valence-corrected chi connectivity index (χ3v) is 4.60. The molecule has 0 spiro atoms. The minimum Gasteiger partial charge on any atom is -0.457 e. The Bertz CT molecular complexity index is 1290. The number of ether oxygens (including phenoxy) is 2. The molecule has 0 aliphatic rings. The summed E-state index contributed by atoms with van der Waals surface area (Å²) >= 11 is 0. The number of carbonyl (C=O) groups is 1. The van der Waals surface area contributed by atoms with Gasteiger partial charge in [0.2, 0.25) is 0 Å². The molecule has 0 aliphatic heterocycles. The Hall–Kier alpha value is -4.27. The molecule has 4 rings (SSSR count). The van der Waals surface area contributed by atoms with Crippen LogP contribution in [0.2, 0.25) is 0 Å². The first-order valence-corrected chi connectivity index (χ1v) is 9.27. The number of aromatic nitrogens is 1. The number of nitrogens with two attached hydrogens (primary N) is 1. The van der Waals surface area contributed by atoms with E-state index in [0.29, 0.717) is 17.1 Å². The van der Waals surface area contributed by atoms with Gasteiger partial charge in [-0.25, -0.2) is 9.78 Å². The Morgan fingerprint density at radius 1 is 0.938 bits per heavy atom. The Kier molecular flexibility index (Phi) is 5.31. The maximum Gasteiger partial charge on any atom is 0.511 e. The number of fused-ring (bicyclic) bond motifs is 1. The topological polar surface area (TPSA) is 94.7 Å². The second-order valence-corrected chi connectivity index (χ2v) is 6.74. The van der Waals surface area contributed by atoms with Gasteiger partial charge in [0.25, 0.3) is 0 Å². The molecular formula is C23H15F3N2O4. The largest absolute Gasteiger partial charge is 0.511 e. The van der Waals surface area contributed by atoms with Gasteiger partial charge in [0.1, 0.15) is 17.2 Å². The van der Waals surface area contributed by atoms with Gasteiger partial charge >= 0.3 is 12.3 Å². The van der Waals surface area contributed by atoms with E-state index in [1.807, 2.05) is 18.2 Å². The smallest absolute Gasteiger partial charge is 0.457 e. The third kappa shape index (κ3) is 4.27. The standard InChI is InChI=1S/C23H15F3N2O4/c24-23(25,26)14-8-11-18-17(12-14)21(32-22(29)30)19(27)20(28-18)13-6-9-16(10-7-13)31-15-4-2-1-3-5-15/h1-12H,27H2,(H,29,30). The van der Waals surface area contributed by atoms with Crippen molar-refractivity contribution in [2.75, 3.05) is 5.73 Å². The van der Waals surface area contributed by atoms with Crippen LogP contribution in [0.15, 0.2) is 72.8 Å². The van der Waals surface area contributed by atoms with Gasteiger partial charge in [-0.2, -0.15) is 13.2 Å². The second-order valence-electron chi connectivity index (χ2n) is 6.74. The Morgan fingerprint density at radius 3 is 2.22 bits per heavy atom. The number of benzene rings is 3. The molecule has 0 unspecified atom stereocenters. The molecule has 0 bridgehead atoms. The number of alkyl halides is 3. The van der Waals surface area contributed by atoms with Gasteiger partial charge in [0.05, 0.1) is 16.8 Å². The zero-order valence-corrected chi connectivity index (χ0v) is 16.3. The number of para-hydroxylation sites is 1. The monoisotopic (exact) mass is 440 g/mol. The summed E-state index contributed by atoms with van der Waals surface area (Å²) in [6, 6.07) is 18.5. The predicted molar refractivity (Wildman–Crippen MR) is 112 cm³/mol. The zero-order chi connectivity index (χ0) is 22.9. The molecule has 0 saturated carbocycles. The number of halogens is 3. The highest BCUT2D eigenvalue weighted by Gasteiger charge is 2.31. The summed E-state index contributed by atoms with van der Waals surface area (Å²) in [4.78, 5) is 15.5. The molecule has 32 heavy (non-hydrogen) atoms. The normalized spacial score (nSPS) is 11.3. The van der Waals surface area contributed by atoms with E-state index in [0.717, 1.165) is 18.2 Å². The SMILES string of the molecule is Nc1c(-c2ccc(Oc3ccccc3)cc2)nc2ccc(C(F)(F)F)cc2c1OC(=O)O. The predicted octanol–water partition coefficient (Wildman–Crippen LogP) is 6.35. The van der Waals surface area contributed by atoms with E-state index in [2.05, 4.69) is 4.98 Å². The van der Waals surface area contributed by atoms with E-state index < -0.39 is 23.6 Å². The van der Waals surface area contributed by atoms with Crippen LogP contribution >= 0.6 is 0 Å². The fraction of sp³-hybridized carbons (Fsp3) is 0.0435. The van der Waals surface area contributed by atoms with Crippen molar-refractivity contribution in [3.63, 3.8) is 0 Å². The number of hydrogen-bond acceptors (Lipinski definition) is 5. The number of nitrogens with zero attached hydrogens (tertiary/aromatic N) is 1.